The van der Waals surface area contributed by atoms with Gasteiger partial charge in [-0.3, -0.25) is 0 Å². The summed E-state index contributed by atoms with van der Waals surface area (Å²) in [4.78, 5) is 13.3. The first-order valence-corrected chi connectivity index (χ1v) is 8.71. The normalized spacial score (nSPS) is 22.3. The van der Waals surface area contributed by atoms with E-state index in [1.807, 2.05) is 30.3 Å². The van der Waals surface area contributed by atoms with Crippen molar-refractivity contribution in [1.29, 1.82) is 0 Å². The maximum atomic E-state index is 12.0. The first-order valence-electron chi connectivity index (χ1n) is 6.33. The van der Waals surface area contributed by atoms with E-state index in [9.17, 15) is 13.2 Å². The van der Waals surface area contributed by atoms with Crippen molar-refractivity contribution in [3.8, 4) is 0 Å². The van der Waals surface area contributed by atoms with Gasteiger partial charge >= 0.3 is 6.09 Å². The number of nitrogens with zero attached hydrogens (tertiary/aromatic N) is 1. The van der Waals surface area contributed by atoms with Gasteiger partial charge in [-0.2, -0.15) is 0 Å². The third-order valence-corrected chi connectivity index (χ3v) is 5.21. The van der Waals surface area contributed by atoms with E-state index in [1.54, 1.807) is 0 Å². The van der Waals surface area contributed by atoms with Crippen molar-refractivity contribution in [3.63, 3.8) is 0 Å². The summed E-state index contributed by atoms with van der Waals surface area (Å²) in [7, 11) is 2.96. The van der Waals surface area contributed by atoms with E-state index in [0.29, 0.717) is 0 Å². The number of carbonyl (C=O) groups excluding carboxylic acids is 1. The average Bonchev–Trinajstić information content (AvgIpc) is 2.90. The van der Waals surface area contributed by atoms with Crippen LogP contribution in [0.25, 0.3) is 0 Å². The average molecular weight is 334 g/mol. The van der Waals surface area contributed by atoms with Crippen molar-refractivity contribution in [3.05, 3.63) is 35.9 Å². The number of likely N-dealkylation sites (tertiary alicyclic amines) is 1. The van der Waals surface area contributed by atoms with Crippen LogP contribution in [0.1, 0.15) is 5.56 Å². The van der Waals surface area contributed by atoms with Crippen molar-refractivity contribution in [2.75, 3.05) is 20.2 Å². The van der Waals surface area contributed by atoms with Crippen LogP contribution in [-0.2, 0) is 25.1 Å². The molecule has 0 spiro atoms. The van der Waals surface area contributed by atoms with Crippen LogP contribution in [-0.4, -0.2) is 51.0 Å². The molecule has 1 amide bonds. The van der Waals surface area contributed by atoms with Gasteiger partial charge in [0.1, 0.15) is 11.9 Å². The highest BCUT2D eigenvalue weighted by Crippen LogP contribution is 2.23. The quantitative estimate of drug-likeness (QED) is 0.782. The van der Waals surface area contributed by atoms with Gasteiger partial charge in [0.05, 0.1) is 12.6 Å². The van der Waals surface area contributed by atoms with E-state index in [1.165, 1.54) is 12.0 Å². The molecule has 1 aliphatic heterocycles. The number of hydrogen-bond acceptors (Lipinski definition) is 5. The zero-order valence-corrected chi connectivity index (χ0v) is 13.0. The predicted octanol–water partition coefficient (Wildman–Crippen LogP) is 1.59. The van der Waals surface area contributed by atoms with Gasteiger partial charge in [0.15, 0.2) is 0 Å². The van der Waals surface area contributed by atoms with Gasteiger partial charge in [-0.25, -0.2) is 13.2 Å². The Morgan fingerprint density at radius 3 is 2.52 bits per heavy atom. The van der Waals surface area contributed by atoms with Gasteiger partial charge in [-0.1, -0.05) is 30.3 Å². The zero-order valence-electron chi connectivity index (χ0n) is 11.4. The molecule has 2 rings (SSSR count). The van der Waals surface area contributed by atoms with E-state index < -0.39 is 26.5 Å². The Morgan fingerprint density at radius 2 is 2.00 bits per heavy atom. The summed E-state index contributed by atoms with van der Waals surface area (Å²) in [6.45, 7) is 0.241. The number of carbonyl (C=O) groups is 1. The first-order chi connectivity index (χ1) is 9.91. The molecule has 0 N–H and O–H groups in total. The minimum absolute atomic E-state index is 0.0298. The summed E-state index contributed by atoms with van der Waals surface area (Å²) < 4.78 is 33.2. The van der Waals surface area contributed by atoms with Crippen molar-refractivity contribution >= 4 is 25.8 Å². The third kappa shape index (κ3) is 4.09. The summed E-state index contributed by atoms with van der Waals surface area (Å²) in [5, 5.41) is -0.937. The number of hydrogen-bond donors (Lipinski definition) is 0. The number of rotatable bonds is 4. The molecule has 0 unspecified atom stereocenters. The van der Waals surface area contributed by atoms with Crippen LogP contribution < -0.4 is 0 Å². The molecule has 2 atom stereocenters. The van der Waals surface area contributed by atoms with Crippen molar-refractivity contribution in [1.82, 2.24) is 4.90 Å². The second-order valence-corrected chi connectivity index (χ2v) is 7.58. The number of methoxy groups -OCH3 is 1. The monoisotopic (exact) mass is 333 g/mol. The maximum absolute atomic E-state index is 12.0. The molecular weight excluding hydrogens is 318 g/mol. The Balaban J connectivity index is 1.95. The second-order valence-electron chi connectivity index (χ2n) is 4.73. The fourth-order valence-corrected chi connectivity index (χ4v) is 3.63. The molecule has 0 aliphatic carbocycles. The van der Waals surface area contributed by atoms with Crippen molar-refractivity contribution in [2.24, 2.45) is 0 Å². The highest BCUT2D eigenvalue weighted by Gasteiger charge is 2.43. The summed E-state index contributed by atoms with van der Waals surface area (Å²) in [6, 6.07) is 9.22. The third-order valence-electron chi connectivity index (χ3n) is 3.34. The molecule has 21 heavy (non-hydrogen) atoms. The Labute approximate surface area is 128 Å². The molecule has 1 aliphatic rings. The predicted molar refractivity (Wildman–Crippen MR) is 77.6 cm³/mol. The molecule has 1 fully saturated rings. The fraction of sp³-hybridized carbons (Fsp3) is 0.462. The van der Waals surface area contributed by atoms with Crippen LogP contribution >= 0.6 is 10.7 Å². The van der Waals surface area contributed by atoms with E-state index in [4.69, 9.17) is 20.2 Å². The highest BCUT2D eigenvalue weighted by atomic mass is 35.7. The number of benzene rings is 1. The summed E-state index contributed by atoms with van der Waals surface area (Å²) in [6.07, 6.45) is -1.22. The van der Waals surface area contributed by atoms with E-state index in [2.05, 4.69) is 0 Å². The van der Waals surface area contributed by atoms with Gasteiger partial charge in [0, 0.05) is 24.3 Å². The molecule has 0 saturated carbocycles. The molecule has 0 radical (unpaired) electrons. The Bertz CT molecular complexity index is 592. The molecule has 1 aromatic carbocycles. The molecule has 1 heterocycles. The SMILES string of the molecule is CO[C@H]1CN(C(=O)OCc2ccccc2)C[C@@H]1S(=O)(=O)Cl. The Hall–Kier alpha value is -1.31. The second kappa shape index (κ2) is 6.64. The van der Waals surface area contributed by atoms with Crippen LogP contribution in [0, 0.1) is 0 Å². The highest BCUT2D eigenvalue weighted by molar-refractivity contribution is 8.14. The Kier molecular flexibility index (Phi) is 5.08. The van der Waals surface area contributed by atoms with Crippen LogP contribution in [0.2, 0.25) is 0 Å². The van der Waals surface area contributed by atoms with Crippen LogP contribution in [0.15, 0.2) is 30.3 Å². The fourth-order valence-electron chi connectivity index (χ4n) is 2.20. The Morgan fingerprint density at radius 1 is 1.33 bits per heavy atom. The summed E-state index contributed by atoms with van der Waals surface area (Å²) >= 11 is 0. The van der Waals surface area contributed by atoms with Gasteiger partial charge in [0.2, 0.25) is 9.05 Å². The maximum Gasteiger partial charge on any atom is 0.410 e. The molecular formula is C13H16ClNO5S. The molecule has 8 heteroatoms. The molecule has 1 saturated heterocycles. The minimum atomic E-state index is -3.80. The van der Waals surface area contributed by atoms with E-state index in [-0.39, 0.29) is 19.7 Å². The number of ether oxygens (including phenoxy) is 2. The van der Waals surface area contributed by atoms with Crippen molar-refractivity contribution in [2.45, 2.75) is 18.0 Å². The van der Waals surface area contributed by atoms with E-state index in [0.717, 1.165) is 5.56 Å². The van der Waals surface area contributed by atoms with E-state index >= 15 is 0 Å². The van der Waals surface area contributed by atoms with Crippen LogP contribution in [0.5, 0.6) is 0 Å². The summed E-state index contributed by atoms with van der Waals surface area (Å²) in [5.41, 5.74) is 0.856. The standard InChI is InChI=1S/C13H16ClNO5S/c1-19-11-7-15(8-12(11)21(14,17)18)13(16)20-9-10-5-3-2-4-6-10/h2-6,11-12H,7-9H2,1H3/t11-,12-/m0/s1. The largest absolute Gasteiger partial charge is 0.445 e. The van der Waals surface area contributed by atoms with Crippen LogP contribution in [0.3, 0.4) is 0 Å². The molecule has 6 nitrogen and oxygen atoms in total. The molecule has 1 aromatic rings. The lowest BCUT2D eigenvalue weighted by Gasteiger charge is -2.15. The lowest BCUT2D eigenvalue weighted by atomic mass is 10.2. The van der Waals surface area contributed by atoms with Gasteiger partial charge < -0.3 is 14.4 Å². The lowest BCUT2D eigenvalue weighted by molar-refractivity contribution is 0.0852. The molecule has 0 aromatic heterocycles. The van der Waals surface area contributed by atoms with Gasteiger partial charge in [-0.05, 0) is 5.56 Å². The smallest absolute Gasteiger partial charge is 0.410 e. The minimum Gasteiger partial charge on any atom is -0.445 e. The molecule has 0 bridgehead atoms. The summed E-state index contributed by atoms with van der Waals surface area (Å²) in [5.74, 6) is 0. The van der Waals surface area contributed by atoms with Gasteiger partial charge in [0.25, 0.3) is 0 Å². The topological polar surface area (TPSA) is 72.9 Å². The lowest BCUT2D eigenvalue weighted by Crippen LogP contribution is -2.31. The first kappa shape index (κ1) is 16.1. The number of halogens is 1. The van der Waals surface area contributed by atoms with Crippen molar-refractivity contribution < 1.29 is 22.7 Å². The molecule has 116 valence electrons. The number of amides is 1. The zero-order chi connectivity index (χ0) is 15.5. The van der Waals surface area contributed by atoms with Crippen LogP contribution in [0.4, 0.5) is 4.79 Å². The van der Waals surface area contributed by atoms with Gasteiger partial charge in [-0.15, -0.1) is 0 Å².